The number of hydrogen-bond acceptors (Lipinski definition) is 5. The maximum absolute atomic E-state index is 10.4. The predicted octanol–water partition coefficient (Wildman–Crippen LogP) is 0.430. The van der Waals surface area contributed by atoms with E-state index in [-0.39, 0.29) is 11.4 Å². The Kier molecular flexibility index (Phi) is 6.46. The minimum Gasteiger partial charge on any atom is -0.388 e. The van der Waals surface area contributed by atoms with Gasteiger partial charge in [0.2, 0.25) is 0 Å². The minimum atomic E-state index is 0.114. The van der Waals surface area contributed by atoms with Crippen molar-refractivity contribution in [2.45, 2.75) is 6.92 Å². The first-order valence-electron chi connectivity index (χ1n) is 4.48. The molecule has 0 spiro atoms. The summed E-state index contributed by atoms with van der Waals surface area (Å²) in [4.78, 5) is 10.4. The molecule has 0 saturated heterocycles. The number of hydrogen-bond donors (Lipinski definition) is 2. The third kappa shape index (κ3) is 4.05. The molecule has 0 atom stereocenters. The summed E-state index contributed by atoms with van der Waals surface area (Å²) >= 11 is 0. The van der Waals surface area contributed by atoms with E-state index in [0.29, 0.717) is 6.29 Å². The Labute approximate surface area is 94.2 Å². The second kappa shape index (κ2) is 7.36. The quantitative estimate of drug-likeness (QED) is 0.442. The van der Waals surface area contributed by atoms with Crippen molar-refractivity contribution in [3.63, 3.8) is 0 Å². The third-order valence-electron chi connectivity index (χ3n) is 1.55. The molecule has 1 aromatic rings. The van der Waals surface area contributed by atoms with Crippen LogP contribution in [-0.4, -0.2) is 36.5 Å². The fourth-order valence-electron chi connectivity index (χ4n) is 0.850. The number of aromatic nitrogens is 2. The number of carbonyl (C=O) groups is 1. The molecular formula is C10H16N4O2. The monoisotopic (exact) mass is 224 g/mol. The van der Waals surface area contributed by atoms with E-state index in [1.807, 2.05) is 6.92 Å². The molecule has 16 heavy (non-hydrogen) atoms. The van der Waals surface area contributed by atoms with Gasteiger partial charge in [-0.3, -0.25) is 4.79 Å². The summed E-state index contributed by atoms with van der Waals surface area (Å²) in [7, 11) is 3.25. The molecule has 0 aliphatic heterocycles. The highest BCUT2D eigenvalue weighted by molar-refractivity contribution is 6.05. The third-order valence-corrected chi connectivity index (χ3v) is 1.55. The van der Waals surface area contributed by atoms with Crippen LogP contribution < -0.4 is 5.73 Å². The van der Waals surface area contributed by atoms with Gasteiger partial charge in [0.05, 0.1) is 11.3 Å². The van der Waals surface area contributed by atoms with Crippen molar-refractivity contribution in [2.24, 2.45) is 5.73 Å². The lowest BCUT2D eigenvalue weighted by molar-refractivity contribution is -0.104. The zero-order chi connectivity index (χ0) is 12.6. The van der Waals surface area contributed by atoms with Crippen LogP contribution in [0.5, 0.6) is 0 Å². The summed E-state index contributed by atoms with van der Waals surface area (Å²) < 4.78 is 5.62. The van der Waals surface area contributed by atoms with E-state index in [9.17, 15) is 4.79 Å². The molecule has 3 N–H and O–H groups in total. The lowest BCUT2D eigenvalue weighted by atomic mass is 10.3. The molecule has 6 nitrogen and oxygen atoms in total. The van der Waals surface area contributed by atoms with Gasteiger partial charge in [-0.25, -0.2) is 4.68 Å². The van der Waals surface area contributed by atoms with E-state index in [1.165, 1.54) is 4.68 Å². The van der Waals surface area contributed by atoms with Crippen molar-refractivity contribution in [1.82, 2.24) is 9.78 Å². The van der Waals surface area contributed by atoms with Crippen molar-refractivity contribution in [3.05, 3.63) is 23.5 Å². The second-order valence-electron chi connectivity index (χ2n) is 2.91. The molecule has 0 bridgehead atoms. The highest BCUT2D eigenvalue weighted by atomic mass is 16.4. The fourth-order valence-corrected chi connectivity index (χ4v) is 0.850. The van der Waals surface area contributed by atoms with Crippen LogP contribution in [0.3, 0.4) is 0 Å². The molecule has 1 rings (SSSR count). The zero-order valence-corrected chi connectivity index (χ0v) is 9.60. The SMILES string of the molecule is COC.Cc1ccn(/C(N)=C(\C=N)C=O)n1. The van der Waals surface area contributed by atoms with Gasteiger partial charge in [0.25, 0.3) is 0 Å². The standard InChI is InChI=1S/C8H10N4O.C2H6O/c1-6-2-3-12(11-6)8(10)7(4-9)5-13;1-3-2/h2-5,9H,10H2,1H3;1-2H3/b8-7+,9-4?;. The van der Waals surface area contributed by atoms with Gasteiger partial charge in [-0.2, -0.15) is 5.10 Å². The van der Waals surface area contributed by atoms with Gasteiger partial charge in [0, 0.05) is 26.6 Å². The van der Waals surface area contributed by atoms with E-state index >= 15 is 0 Å². The molecule has 88 valence electrons. The van der Waals surface area contributed by atoms with E-state index in [0.717, 1.165) is 11.9 Å². The van der Waals surface area contributed by atoms with Crippen molar-refractivity contribution in [3.8, 4) is 0 Å². The van der Waals surface area contributed by atoms with Gasteiger partial charge in [-0.05, 0) is 13.0 Å². The van der Waals surface area contributed by atoms with E-state index < -0.39 is 0 Å². The Morgan fingerprint density at radius 2 is 2.19 bits per heavy atom. The minimum absolute atomic E-state index is 0.114. The van der Waals surface area contributed by atoms with Crippen molar-refractivity contribution in [1.29, 1.82) is 5.41 Å². The Hall–Kier alpha value is -1.95. The van der Waals surface area contributed by atoms with E-state index in [4.69, 9.17) is 11.1 Å². The lowest BCUT2D eigenvalue weighted by Gasteiger charge is -2.01. The van der Waals surface area contributed by atoms with Crippen molar-refractivity contribution >= 4 is 18.3 Å². The molecular weight excluding hydrogens is 208 g/mol. The predicted molar refractivity (Wildman–Crippen MR) is 62.1 cm³/mol. The number of nitrogens with one attached hydrogen (secondary N) is 1. The fraction of sp³-hybridized carbons (Fsp3) is 0.300. The molecule has 0 unspecified atom stereocenters. The summed E-state index contributed by atoms with van der Waals surface area (Å²) in [5, 5.41) is 10.9. The number of ether oxygens (including phenoxy) is 1. The first kappa shape index (κ1) is 14.1. The van der Waals surface area contributed by atoms with Crippen LogP contribution in [0.15, 0.2) is 17.8 Å². The molecule has 1 aromatic heterocycles. The number of methoxy groups -OCH3 is 1. The number of nitrogens with zero attached hydrogens (tertiary/aromatic N) is 2. The average Bonchev–Trinajstić information content (AvgIpc) is 2.67. The first-order valence-corrected chi connectivity index (χ1v) is 4.48. The summed E-state index contributed by atoms with van der Waals surface area (Å²) in [6.45, 7) is 1.81. The molecule has 0 saturated carbocycles. The molecule has 1 heterocycles. The number of rotatable bonds is 3. The molecule has 0 radical (unpaired) electrons. The molecule has 0 amide bonds. The van der Waals surface area contributed by atoms with Crippen LogP contribution in [0.25, 0.3) is 5.82 Å². The summed E-state index contributed by atoms with van der Waals surface area (Å²) in [5.74, 6) is 0.165. The van der Waals surface area contributed by atoms with Crippen LogP contribution in [0.1, 0.15) is 5.69 Å². The van der Waals surface area contributed by atoms with Gasteiger partial charge in [0.1, 0.15) is 5.82 Å². The lowest BCUT2D eigenvalue weighted by Crippen LogP contribution is -2.11. The molecule has 0 aromatic carbocycles. The highest BCUT2D eigenvalue weighted by Crippen LogP contribution is 2.01. The Morgan fingerprint density at radius 3 is 2.50 bits per heavy atom. The number of allylic oxidation sites excluding steroid dienone is 1. The van der Waals surface area contributed by atoms with Crippen molar-refractivity contribution < 1.29 is 9.53 Å². The summed E-state index contributed by atoms with van der Waals surface area (Å²) in [5.41, 5.74) is 6.49. The first-order chi connectivity index (χ1) is 7.60. The smallest absolute Gasteiger partial charge is 0.155 e. The van der Waals surface area contributed by atoms with Gasteiger partial charge in [0.15, 0.2) is 6.29 Å². The van der Waals surface area contributed by atoms with Crippen LogP contribution in [-0.2, 0) is 9.53 Å². The van der Waals surface area contributed by atoms with Crippen LogP contribution in [0.4, 0.5) is 0 Å². The molecule has 0 aliphatic carbocycles. The normalized spacial score (nSPS) is 10.9. The summed E-state index contributed by atoms with van der Waals surface area (Å²) in [6.07, 6.45) is 3.07. The number of carbonyl (C=O) groups excluding carboxylic acids is 1. The van der Waals surface area contributed by atoms with E-state index in [1.54, 1.807) is 26.5 Å². The van der Waals surface area contributed by atoms with Crippen LogP contribution in [0, 0.1) is 12.3 Å². The van der Waals surface area contributed by atoms with E-state index in [2.05, 4.69) is 9.84 Å². The van der Waals surface area contributed by atoms with Gasteiger partial charge in [-0.15, -0.1) is 0 Å². The Balaban J connectivity index is 0.000000673. The second-order valence-corrected chi connectivity index (χ2v) is 2.91. The number of nitrogens with two attached hydrogens (primary N) is 1. The number of aryl methyl sites for hydroxylation is 1. The largest absolute Gasteiger partial charge is 0.388 e. The zero-order valence-electron chi connectivity index (χ0n) is 9.60. The van der Waals surface area contributed by atoms with Gasteiger partial charge in [-0.1, -0.05) is 0 Å². The van der Waals surface area contributed by atoms with Crippen LogP contribution >= 0.6 is 0 Å². The topological polar surface area (TPSA) is 94.0 Å². The highest BCUT2D eigenvalue weighted by Gasteiger charge is 2.02. The maximum Gasteiger partial charge on any atom is 0.155 e. The average molecular weight is 224 g/mol. The maximum atomic E-state index is 10.4. The van der Waals surface area contributed by atoms with Gasteiger partial charge < -0.3 is 15.9 Å². The van der Waals surface area contributed by atoms with Crippen LogP contribution in [0.2, 0.25) is 0 Å². The molecule has 0 fully saturated rings. The summed E-state index contributed by atoms with van der Waals surface area (Å²) in [6, 6.07) is 1.76. The Morgan fingerprint density at radius 1 is 1.62 bits per heavy atom. The Bertz CT molecular complexity index is 372. The van der Waals surface area contributed by atoms with Gasteiger partial charge >= 0.3 is 0 Å². The van der Waals surface area contributed by atoms with Crippen molar-refractivity contribution in [2.75, 3.05) is 14.2 Å². The number of aldehydes is 1. The molecule has 0 aliphatic rings. The molecule has 6 heteroatoms.